The normalized spacial score (nSPS) is 10.8. The topological polar surface area (TPSA) is 90.3 Å². The summed E-state index contributed by atoms with van der Waals surface area (Å²) in [6.45, 7) is 7.41. The number of fused-ring (bicyclic) bond motifs is 1. The van der Waals surface area contributed by atoms with Crippen LogP contribution in [0.25, 0.3) is 11.0 Å². The molecular weight excluding hydrogens is 370 g/mol. The molecule has 1 heterocycles. The van der Waals surface area contributed by atoms with Crippen LogP contribution < -0.4 is 10.9 Å². The number of carbonyl (C=O) groups is 2. The van der Waals surface area contributed by atoms with Gasteiger partial charge in [0.15, 0.2) is 6.61 Å². The first-order valence-corrected chi connectivity index (χ1v) is 9.36. The molecule has 1 amide bonds. The van der Waals surface area contributed by atoms with Crippen molar-refractivity contribution in [2.75, 3.05) is 11.9 Å². The third-order valence-corrected chi connectivity index (χ3v) is 4.74. The first-order valence-electron chi connectivity index (χ1n) is 9.36. The van der Waals surface area contributed by atoms with Crippen molar-refractivity contribution in [1.29, 1.82) is 0 Å². The second kappa shape index (κ2) is 8.26. The Bertz CT molecular complexity index is 1140. The summed E-state index contributed by atoms with van der Waals surface area (Å²) in [6, 6.07) is 10.5. The van der Waals surface area contributed by atoms with Crippen molar-refractivity contribution in [3.63, 3.8) is 0 Å². The van der Waals surface area contributed by atoms with Gasteiger partial charge >= 0.3 is 5.97 Å². The molecule has 0 aliphatic heterocycles. The van der Waals surface area contributed by atoms with Gasteiger partial charge in [0, 0.05) is 12.2 Å². The van der Waals surface area contributed by atoms with Crippen molar-refractivity contribution in [2.45, 2.75) is 34.2 Å². The van der Waals surface area contributed by atoms with Gasteiger partial charge < -0.3 is 14.6 Å². The maximum Gasteiger partial charge on any atom is 0.338 e. The number of nitrogens with zero attached hydrogens (tertiary/aromatic N) is 2. The molecule has 1 aromatic heterocycles. The number of rotatable bonds is 5. The van der Waals surface area contributed by atoms with E-state index in [1.807, 2.05) is 39.0 Å². The van der Waals surface area contributed by atoms with Crippen LogP contribution in [0.1, 0.15) is 34.1 Å². The minimum atomic E-state index is -0.628. The Hall–Kier alpha value is -3.48. The van der Waals surface area contributed by atoms with Crippen molar-refractivity contribution < 1.29 is 14.3 Å². The van der Waals surface area contributed by atoms with Crippen LogP contribution in [0.5, 0.6) is 0 Å². The van der Waals surface area contributed by atoms with E-state index in [1.165, 1.54) is 0 Å². The van der Waals surface area contributed by atoms with Crippen molar-refractivity contribution in [3.8, 4) is 0 Å². The molecule has 0 saturated heterocycles. The highest BCUT2D eigenvalue weighted by molar-refractivity contribution is 5.97. The Morgan fingerprint density at radius 1 is 1.10 bits per heavy atom. The lowest BCUT2D eigenvalue weighted by Crippen LogP contribution is -2.24. The maximum atomic E-state index is 12.4. The summed E-state index contributed by atoms with van der Waals surface area (Å²) in [6.07, 6.45) is 0. The molecule has 0 fully saturated rings. The molecule has 1 N–H and O–H groups in total. The minimum absolute atomic E-state index is 0.154. The molecule has 0 saturated carbocycles. The smallest absolute Gasteiger partial charge is 0.338 e. The van der Waals surface area contributed by atoms with Crippen molar-refractivity contribution in [3.05, 3.63) is 69.1 Å². The molecule has 0 unspecified atom stereocenters. The molecule has 150 valence electrons. The first kappa shape index (κ1) is 20.3. The zero-order valence-electron chi connectivity index (χ0n) is 16.9. The number of hydrogen-bond acceptors (Lipinski definition) is 5. The fraction of sp³-hybridized carbons (Fsp3) is 0.273. The number of para-hydroxylation sites is 1. The number of aromatic nitrogens is 2. The predicted molar refractivity (Wildman–Crippen MR) is 111 cm³/mol. The molecule has 7 nitrogen and oxygen atoms in total. The van der Waals surface area contributed by atoms with Crippen LogP contribution in [0.4, 0.5) is 5.69 Å². The quantitative estimate of drug-likeness (QED) is 0.673. The van der Waals surface area contributed by atoms with Gasteiger partial charge in [0.1, 0.15) is 5.69 Å². The number of ether oxygens (including phenoxy) is 1. The number of carbonyl (C=O) groups excluding carboxylic acids is 2. The van der Waals surface area contributed by atoms with Crippen LogP contribution in [0, 0.1) is 20.8 Å². The molecule has 0 aliphatic carbocycles. The molecule has 3 rings (SSSR count). The van der Waals surface area contributed by atoms with Gasteiger partial charge in [0.25, 0.3) is 11.5 Å². The zero-order valence-corrected chi connectivity index (χ0v) is 16.9. The summed E-state index contributed by atoms with van der Waals surface area (Å²) in [7, 11) is 0. The summed E-state index contributed by atoms with van der Waals surface area (Å²) < 4.78 is 6.76. The van der Waals surface area contributed by atoms with E-state index in [0.717, 1.165) is 16.8 Å². The Morgan fingerprint density at radius 2 is 1.79 bits per heavy atom. The maximum absolute atomic E-state index is 12.4. The highest BCUT2D eigenvalue weighted by atomic mass is 16.5. The van der Waals surface area contributed by atoms with Crippen LogP contribution in [0.3, 0.4) is 0 Å². The fourth-order valence-electron chi connectivity index (χ4n) is 3.22. The van der Waals surface area contributed by atoms with E-state index in [4.69, 9.17) is 4.74 Å². The average Bonchev–Trinajstić information content (AvgIpc) is 2.69. The van der Waals surface area contributed by atoms with Gasteiger partial charge in [0.2, 0.25) is 0 Å². The largest absolute Gasteiger partial charge is 0.452 e. The fourth-order valence-corrected chi connectivity index (χ4v) is 3.22. The number of esters is 1. The second-order valence-corrected chi connectivity index (χ2v) is 6.84. The van der Waals surface area contributed by atoms with Crippen LogP contribution in [-0.4, -0.2) is 28.0 Å². The Labute approximate surface area is 168 Å². The predicted octanol–water partition coefficient (Wildman–Crippen LogP) is 3.14. The monoisotopic (exact) mass is 393 g/mol. The summed E-state index contributed by atoms with van der Waals surface area (Å²) in [5.41, 5.74) is 4.23. The molecule has 3 aromatic rings. The van der Waals surface area contributed by atoms with Gasteiger partial charge in [-0.15, -0.1) is 0 Å². The molecule has 0 bridgehead atoms. The van der Waals surface area contributed by atoms with Crippen LogP contribution in [-0.2, 0) is 16.1 Å². The van der Waals surface area contributed by atoms with Gasteiger partial charge in [-0.05, 0) is 57.0 Å². The van der Waals surface area contributed by atoms with E-state index in [-0.39, 0.29) is 11.1 Å². The molecule has 7 heteroatoms. The summed E-state index contributed by atoms with van der Waals surface area (Å²) in [4.78, 5) is 41.0. The van der Waals surface area contributed by atoms with Gasteiger partial charge in [-0.3, -0.25) is 9.59 Å². The van der Waals surface area contributed by atoms with Crippen molar-refractivity contribution >= 4 is 28.6 Å². The van der Waals surface area contributed by atoms with Crippen molar-refractivity contribution in [1.82, 2.24) is 9.55 Å². The lowest BCUT2D eigenvalue weighted by Gasteiger charge is -2.12. The van der Waals surface area contributed by atoms with Gasteiger partial charge in [-0.2, -0.15) is 0 Å². The Balaban J connectivity index is 1.74. The van der Waals surface area contributed by atoms with E-state index in [1.54, 1.807) is 29.7 Å². The third-order valence-electron chi connectivity index (χ3n) is 4.74. The summed E-state index contributed by atoms with van der Waals surface area (Å²) >= 11 is 0. The number of hydrogen-bond donors (Lipinski definition) is 1. The number of anilines is 1. The van der Waals surface area contributed by atoms with E-state index in [0.29, 0.717) is 23.3 Å². The van der Waals surface area contributed by atoms with Crippen LogP contribution in [0.2, 0.25) is 0 Å². The highest BCUT2D eigenvalue weighted by Crippen LogP contribution is 2.19. The zero-order chi connectivity index (χ0) is 21.1. The van der Waals surface area contributed by atoms with Gasteiger partial charge in [-0.1, -0.05) is 18.2 Å². The van der Waals surface area contributed by atoms with Crippen LogP contribution in [0.15, 0.2) is 41.2 Å². The van der Waals surface area contributed by atoms with E-state index in [9.17, 15) is 14.4 Å². The van der Waals surface area contributed by atoms with Gasteiger partial charge in [0.05, 0.1) is 16.6 Å². The number of amides is 1. The van der Waals surface area contributed by atoms with Gasteiger partial charge in [-0.25, -0.2) is 9.78 Å². The van der Waals surface area contributed by atoms with E-state index < -0.39 is 18.5 Å². The minimum Gasteiger partial charge on any atom is -0.452 e. The average molecular weight is 393 g/mol. The number of aryl methyl sites for hydroxylation is 4. The SMILES string of the molecule is CCn1c(=O)c(C)nc2cc(C(=O)OCC(=O)Nc3c(C)cccc3C)ccc21. The first-order chi connectivity index (χ1) is 13.8. The summed E-state index contributed by atoms with van der Waals surface area (Å²) in [5, 5.41) is 2.78. The lowest BCUT2D eigenvalue weighted by atomic mass is 10.1. The number of benzene rings is 2. The molecule has 0 spiro atoms. The Morgan fingerprint density at radius 3 is 2.45 bits per heavy atom. The molecule has 0 atom stereocenters. The Kier molecular flexibility index (Phi) is 5.77. The molecular formula is C22H23N3O4. The number of nitrogens with one attached hydrogen (secondary N) is 1. The van der Waals surface area contributed by atoms with Crippen molar-refractivity contribution in [2.24, 2.45) is 0 Å². The molecule has 2 aromatic carbocycles. The van der Waals surface area contributed by atoms with E-state index >= 15 is 0 Å². The third kappa shape index (κ3) is 4.18. The molecule has 29 heavy (non-hydrogen) atoms. The van der Waals surface area contributed by atoms with E-state index in [2.05, 4.69) is 10.3 Å². The summed E-state index contributed by atoms with van der Waals surface area (Å²) in [5.74, 6) is -1.04. The molecule has 0 aliphatic rings. The lowest BCUT2D eigenvalue weighted by molar-refractivity contribution is -0.119. The standard InChI is InChI=1S/C22H23N3O4/c1-5-25-18-10-9-16(11-17(18)23-15(4)21(25)27)22(28)29-12-19(26)24-20-13(2)7-6-8-14(20)3/h6-11H,5,12H2,1-4H3,(H,24,26). The molecule has 0 radical (unpaired) electrons. The second-order valence-electron chi connectivity index (χ2n) is 6.84. The van der Waals surface area contributed by atoms with Crippen LogP contribution >= 0.6 is 0 Å². The highest BCUT2D eigenvalue weighted by Gasteiger charge is 2.14.